The van der Waals surface area contributed by atoms with Gasteiger partial charge in [-0.1, -0.05) is 187 Å². The van der Waals surface area contributed by atoms with Crippen LogP contribution in [0, 0.1) is 0 Å². The lowest BCUT2D eigenvalue weighted by atomic mass is 10.0. The van der Waals surface area contributed by atoms with Gasteiger partial charge in [0.2, 0.25) is 0 Å². The van der Waals surface area contributed by atoms with Crippen molar-refractivity contribution in [3.8, 4) is 0 Å². The van der Waals surface area contributed by atoms with Crippen molar-refractivity contribution in [2.45, 2.75) is 219 Å². The van der Waals surface area contributed by atoms with E-state index in [1.165, 1.54) is 167 Å². The Labute approximate surface area is 262 Å². The molecule has 248 valence electrons. The largest absolute Gasteiger partial charge is 0.328 e. The minimum Gasteiger partial charge on any atom is -0.328 e. The van der Waals surface area contributed by atoms with E-state index in [0.29, 0.717) is 6.61 Å². The van der Waals surface area contributed by atoms with Gasteiger partial charge in [-0.3, -0.25) is 0 Å². The lowest BCUT2D eigenvalue weighted by Crippen LogP contribution is -2.40. The first-order valence-corrected chi connectivity index (χ1v) is 20.6. The molecule has 3 nitrogen and oxygen atoms in total. The van der Waals surface area contributed by atoms with E-state index in [1.54, 1.807) is 0 Å². The second-order valence-electron chi connectivity index (χ2n) is 12.8. The van der Waals surface area contributed by atoms with Gasteiger partial charge in [0.05, 0.1) is 13.2 Å². The number of unbranched alkanes of at least 4 members (excludes halogenated alkanes) is 26. The van der Waals surface area contributed by atoms with Crippen LogP contribution in [0.15, 0.2) is 0 Å². The minimum absolute atomic E-state index is 0.652. The fourth-order valence-corrected chi connectivity index (χ4v) is 6.53. The van der Waals surface area contributed by atoms with Gasteiger partial charge < -0.3 is 14.2 Å². The maximum absolute atomic E-state index is 6.31. The van der Waals surface area contributed by atoms with E-state index in [0.717, 1.165) is 48.8 Å². The second-order valence-corrected chi connectivity index (χ2v) is 13.8. The molecular weight excluding hydrogens is 520 g/mol. The first-order valence-electron chi connectivity index (χ1n) is 19.2. The standard InChI is InChI=1S/C37H78O3Si/c1-4-7-9-11-13-15-17-19-21-23-25-27-29-31-34-39-37(33-36-41,38-6-3)40-35-32-30-28-26-24-22-20-18-16-14-12-10-8-5-2/h4-36H2,1-3,41H3. The Balaban J connectivity index is 3.75. The number of rotatable bonds is 36. The van der Waals surface area contributed by atoms with E-state index >= 15 is 0 Å². The van der Waals surface area contributed by atoms with Crippen molar-refractivity contribution < 1.29 is 14.2 Å². The Hall–Kier alpha value is 0.0969. The van der Waals surface area contributed by atoms with Gasteiger partial charge in [0.15, 0.2) is 0 Å². The quantitative estimate of drug-likeness (QED) is 0.0408. The van der Waals surface area contributed by atoms with Crippen molar-refractivity contribution in [3.63, 3.8) is 0 Å². The molecule has 0 rings (SSSR count). The summed E-state index contributed by atoms with van der Waals surface area (Å²) in [4.78, 5) is 0. The molecule has 0 aliphatic heterocycles. The molecule has 0 saturated carbocycles. The fraction of sp³-hybridized carbons (Fsp3) is 1.00. The molecule has 0 aliphatic rings. The van der Waals surface area contributed by atoms with Crippen molar-refractivity contribution in [1.82, 2.24) is 0 Å². The molecule has 0 radical (unpaired) electrons. The zero-order valence-corrected chi connectivity index (χ0v) is 31.1. The number of hydrogen-bond acceptors (Lipinski definition) is 3. The first-order chi connectivity index (χ1) is 20.2. The highest BCUT2D eigenvalue weighted by atomic mass is 28.1. The summed E-state index contributed by atoms with van der Waals surface area (Å²) in [5, 5.41) is 0. The Morgan fingerprint density at radius 2 is 0.634 bits per heavy atom. The SMILES string of the molecule is CCCCCCCCCCCCCCCCOC(CC[SiH3])(OCC)OCCCCCCCCCCCCCCCC. The molecule has 0 N–H and O–H groups in total. The van der Waals surface area contributed by atoms with Crippen molar-refractivity contribution in [3.05, 3.63) is 0 Å². The third-order valence-electron chi connectivity index (χ3n) is 8.56. The number of ether oxygens (including phenoxy) is 3. The summed E-state index contributed by atoms with van der Waals surface area (Å²) in [6, 6.07) is 1.15. The van der Waals surface area contributed by atoms with Crippen LogP contribution in [0.4, 0.5) is 0 Å². The third-order valence-corrected chi connectivity index (χ3v) is 9.06. The molecule has 0 heterocycles. The molecule has 4 heteroatoms. The van der Waals surface area contributed by atoms with Crippen molar-refractivity contribution in [2.24, 2.45) is 0 Å². The first kappa shape index (κ1) is 41.1. The molecule has 0 aromatic rings. The molecular formula is C37H78O3Si. The Kier molecular flexibility index (Phi) is 34.7. The molecule has 0 unspecified atom stereocenters. The number of hydrogen-bond donors (Lipinski definition) is 0. The smallest absolute Gasteiger partial charge is 0.282 e. The van der Waals surface area contributed by atoms with Crippen LogP contribution in [0.25, 0.3) is 0 Å². The molecule has 0 fully saturated rings. The highest BCUT2D eigenvalue weighted by Gasteiger charge is 2.31. The molecule has 0 saturated heterocycles. The predicted molar refractivity (Wildman–Crippen MR) is 186 cm³/mol. The molecule has 41 heavy (non-hydrogen) atoms. The third kappa shape index (κ3) is 29.9. The van der Waals surface area contributed by atoms with Crippen LogP contribution < -0.4 is 0 Å². The predicted octanol–water partition coefficient (Wildman–Crippen LogP) is 11.8. The van der Waals surface area contributed by atoms with Crippen molar-refractivity contribution >= 4 is 10.2 Å². The summed E-state index contributed by atoms with van der Waals surface area (Å²) in [7, 11) is 1.16. The van der Waals surface area contributed by atoms with E-state index < -0.39 is 5.97 Å². The van der Waals surface area contributed by atoms with E-state index in [-0.39, 0.29) is 0 Å². The van der Waals surface area contributed by atoms with Crippen molar-refractivity contribution in [2.75, 3.05) is 19.8 Å². The van der Waals surface area contributed by atoms with Crippen molar-refractivity contribution in [1.29, 1.82) is 0 Å². The molecule has 0 spiro atoms. The van der Waals surface area contributed by atoms with Gasteiger partial charge in [-0.2, -0.15) is 0 Å². The van der Waals surface area contributed by atoms with Gasteiger partial charge in [-0.25, -0.2) is 0 Å². The monoisotopic (exact) mass is 599 g/mol. The van der Waals surface area contributed by atoms with Crippen LogP contribution in [-0.2, 0) is 14.2 Å². The molecule has 0 bridgehead atoms. The van der Waals surface area contributed by atoms with Gasteiger partial charge in [0.1, 0.15) is 0 Å². The van der Waals surface area contributed by atoms with Crippen LogP contribution in [0.3, 0.4) is 0 Å². The Bertz CT molecular complexity index is 431. The van der Waals surface area contributed by atoms with Gasteiger partial charge in [-0.15, -0.1) is 0 Å². The molecule has 0 aromatic heterocycles. The van der Waals surface area contributed by atoms with Crippen LogP contribution in [0.1, 0.15) is 207 Å². The summed E-state index contributed by atoms with van der Waals surface area (Å²) >= 11 is 0. The zero-order chi connectivity index (χ0) is 30.0. The van der Waals surface area contributed by atoms with Crippen LogP contribution in [0.5, 0.6) is 0 Å². The van der Waals surface area contributed by atoms with E-state index in [1.807, 2.05) is 0 Å². The summed E-state index contributed by atoms with van der Waals surface area (Å²) < 4.78 is 18.7. The average Bonchev–Trinajstić information content (AvgIpc) is 2.97. The zero-order valence-electron chi connectivity index (χ0n) is 29.1. The fourth-order valence-electron chi connectivity index (χ4n) is 5.92. The lowest BCUT2D eigenvalue weighted by Gasteiger charge is -2.33. The van der Waals surface area contributed by atoms with Crippen LogP contribution in [0.2, 0.25) is 6.04 Å². The van der Waals surface area contributed by atoms with Gasteiger partial charge in [-0.05, 0) is 19.8 Å². The minimum atomic E-state index is -0.788. The van der Waals surface area contributed by atoms with Gasteiger partial charge >= 0.3 is 0 Å². The summed E-state index contributed by atoms with van der Waals surface area (Å²) in [6.07, 6.45) is 39.6. The summed E-state index contributed by atoms with van der Waals surface area (Å²) in [5.74, 6) is -0.788. The Morgan fingerprint density at radius 3 is 0.878 bits per heavy atom. The average molecular weight is 599 g/mol. The van der Waals surface area contributed by atoms with E-state index in [4.69, 9.17) is 14.2 Å². The molecule has 0 aromatic carbocycles. The maximum Gasteiger partial charge on any atom is 0.282 e. The van der Waals surface area contributed by atoms with Crippen LogP contribution >= 0.6 is 0 Å². The van der Waals surface area contributed by atoms with Crippen LogP contribution in [-0.4, -0.2) is 36.0 Å². The van der Waals surface area contributed by atoms with Gasteiger partial charge in [0, 0.05) is 23.3 Å². The van der Waals surface area contributed by atoms with E-state index in [9.17, 15) is 0 Å². The molecule has 0 amide bonds. The summed E-state index contributed by atoms with van der Waals surface area (Å²) in [6.45, 7) is 8.83. The highest BCUT2D eigenvalue weighted by molar-refractivity contribution is 6.08. The Morgan fingerprint density at radius 1 is 0.366 bits per heavy atom. The molecule has 0 aliphatic carbocycles. The van der Waals surface area contributed by atoms with E-state index in [2.05, 4.69) is 20.8 Å². The summed E-state index contributed by atoms with van der Waals surface area (Å²) in [5.41, 5.74) is 0. The van der Waals surface area contributed by atoms with Gasteiger partial charge in [0.25, 0.3) is 5.97 Å². The highest BCUT2D eigenvalue weighted by Crippen LogP contribution is 2.24. The molecule has 0 atom stereocenters. The topological polar surface area (TPSA) is 27.7 Å². The second kappa shape index (κ2) is 34.6. The lowest BCUT2D eigenvalue weighted by molar-refractivity contribution is -0.380. The normalized spacial score (nSPS) is 12.1. The maximum atomic E-state index is 6.31.